The van der Waals surface area contributed by atoms with Crippen LogP contribution >= 0.6 is 11.6 Å². The minimum absolute atomic E-state index is 0.0529. The number of benzene rings is 1. The first-order valence-corrected chi connectivity index (χ1v) is 8.49. The maximum atomic E-state index is 13.4. The summed E-state index contributed by atoms with van der Waals surface area (Å²) in [7, 11) is 0. The van der Waals surface area contributed by atoms with E-state index in [1.165, 1.54) is 44.9 Å². The summed E-state index contributed by atoms with van der Waals surface area (Å²) in [6.07, 6.45) is 9.51. The van der Waals surface area contributed by atoms with Crippen LogP contribution in [-0.4, -0.2) is 0 Å². The molecular weight excluding hydrogens is 271 g/mol. The Morgan fingerprint density at radius 3 is 2.60 bits per heavy atom. The molecule has 2 saturated carbocycles. The van der Waals surface area contributed by atoms with Gasteiger partial charge in [-0.1, -0.05) is 37.8 Å². The van der Waals surface area contributed by atoms with Crippen molar-refractivity contribution in [3.63, 3.8) is 0 Å². The van der Waals surface area contributed by atoms with Crippen LogP contribution in [0, 0.1) is 30.5 Å². The highest BCUT2D eigenvalue weighted by Crippen LogP contribution is 2.47. The number of aryl methyl sites for hydroxylation is 1. The molecule has 1 aromatic rings. The third kappa shape index (κ3) is 2.88. The molecule has 4 atom stereocenters. The lowest BCUT2D eigenvalue weighted by Gasteiger charge is -2.40. The van der Waals surface area contributed by atoms with Gasteiger partial charge in [-0.15, -0.1) is 11.6 Å². The van der Waals surface area contributed by atoms with Gasteiger partial charge in [0.2, 0.25) is 0 Å². The highest BCUT2D eigenvalue weighted by Gasteiger charge is 2.35. The molecule has 2 fully saturated rings. The van der Waals surface area contributed by atoms with Gasteiger partial charge in [0.1, 0.15) is 5.82 Å². The largest absolute Gasteiger partial charge is 0.207 e. The quantitative estimate of drug-likeness (QED) is 0.585. The fourth-order valence-electron chi connectivity index (χ4n) is 4.29. The van der Waals surface area contributed by atoms with Gasteiger partial charge in [-0.2, -0.15) is 0 Å². The van der Waals surface area contributed by atoms with Crippen molar-refractivity contribution in [2.45, 2.75) is 57.2 Å². The molecule has 0 nitrogen and oxygen atoms in total. The van der Waals surface area contributed by atoms with Crippen LogP contribution in [0.5, 0.6) is 0 Å². The number of alkyl halides is 1. The lowest BCUT2D eigenvalue weighted by atomic mass is 9.66. The van der Waals surface area contributed by atoms with Gasteiger partial charge in [0.15, 0.2) is 0 Å². The molecule has 2 heteroatoms. The Morgan fingerprint density at radius 2 is 1.85 bits per heavy atom. The molecule has 0 saturated heterocycles. The normalized spacial score (nSPS) is 31.6. The molecule has 2 aliphatic carbocycles. The summed E-state index contributed by atoms with van der Waals surface area (Å²) in [6, 6.07) is 5.36. The van der Waals surface area contributed by atoms with Crippen LogP contribution in [0.2, 0.25) is 0 Å². The van der Waals surface area contributed by atoms with E-state index in [0.29, 0.717) is 11.5 Å². The molecule has 4 unspecified atom stereocenters. The molecule has 3 rings (SSSR count). The summed E-state index contributed by atoms with van der Waals surface area (Å²) in [5.41, 5.74) is 1.81. The summed E-state index contributed by atoms with van der Waals surface area (Å²) >= 11 is 6.72. The summed E-state index contributed by atoms with van der Waals surface area (Å²) in [5.74, 6) is 2.29. The van der Waals surface area contributed by atoms with Crippen molar-refractivity contribution in [3.05, 3.63) is 35.1 Å². The number of fused-ring (bicyclic) bond motifs is 1. The Bertz CT molecular complexity index is 470. The second-order valence-electron chi connectivity index (χ2n) is 6.79. The minimum atomic E-state index is -0.131. The number of halogens is 2. The first-order valence-electron chi connectivity index (χ1n) is 8.05. The van der Waals surface area contributed by atoms with Crippen molar-refractivity contribution < 1.29 is 4.39 Å². The van der Waals surface area contributed by atoms with Gasteiger partial charge in [0, 0.05) is 0 Å². The van der Waals surface area contributed by atoms with E-state index in [-0.39, 0.29) is 11.2 Å². The maximum Gasteiger partial charge on any atom is 0.126 e. The second-order valence-corrected chi connectivity index (χ2v) is 7.26. The van der Waals surface area contributed by atoms with E-state index in [0.717, 1.165) is 17.4 Å². The highest BCUT2D eigenvalue weighted by molar-refractivity contribution is 6.21. The van der Waals surface area contributed by atoms with Crippen LogP contribution in [-0.2, 0) is 0 Å². The lowest BCUT2D eigenvalue weighted by Crippen LogP contribution is -2.29. The van der Waals surface area contributed by atoms with Crippen molar-refractivity contribution in [2.24, 2.45) is 17.8 Å². The molecule has 0 heterocycles. The van der Waals surface area contributed by atoms with E-state index in [4.69, 9.17) is 11.6 Å². The van der Waals surface area contributed by atoms with Crippen molar-refractivity contribution in [1.29, 1.82) is 0 Å². The van der Waals surface area contributed by atoms with E-state index >= 15 is 0 Å². The first kappa shape index (κ1) is 14.4. The van der Waals surface area contributed by atoms with E-state index in [9.17, 15) is 4.39 Å². The number of hydrogen-bond donors (Lipinski definition) is 0. The van der Waals surface area contributed by atoms with E-state index < -0.39 is 0 Å². The Balaban J connectivity index is 1.70. The zero-order valence-corrected chi connectivity index (χ0v) is 13.0. The molecule has 0 aliphatic heterocycles. The van der Waals surface area contributed by atoms with Gasteiger partial charge in [-0.05, 0) is 61.1 Å². The average Bonchev–Trinajstić information content (AvgIpc) is 2.49. The van der Waals surface area contributed by atoms with Crippen LogP contribution in [0.1, 0.15) is 61.4 Å². The Morgan fingerprint density at radius 1 is 1.10 bits per heavy atom. The summed E-state index contributed by atoms with van der Waals surface area (Å²) in [5, 5.41) is 0.0529. The topological polar surface area (TPSA) is 0 Å². The molecule has 2 aliphatic rings. The van der Waals surface area contributed by atoms with Gasteiger partial charge in [-0.3, -0.25) is 0 Å². The number of rotatable bonds is 2. The van der Waals surface area contributed by atoms with Gasteiger partial charge < -0.3 is 0 Å². The van der Waals surface area contributed by atoms with Crippen LogP contribution in [0.25, 0.3) is 0 Å². The summed E-state index contributed by atoms with van der Waals surface area (Å²) < 4.78 is 13.4. The molecule has 110 valence electrons. The van der Waals surface area contributed by atoms with Crippen molar-refractivity contribution >= 4 is 11.6 Å². The molecule has 0 radical (unpaired) electrons. The SMILES string of the molecule is Cc1cc(C(Cl)C2CCC3CCCCC3C2)ccc1F. The first-order chi connectivity index (χ1) is 9.65. The molecule has 20 heavy (non-hydrogen) atoms. The Labute approximate surface area is 126 Å². The highest BCUT2D eigenvalue weighted by atomic mass is 35.5. The lowest BCUT2D eigenvalue weighted by molar-refractivity contribution is 0.127. The van der Waals surface area contributed by atoms with Crippen molar-refractivity contribution in [2.75, 3.05) is 0 Å². The third-order valence-electron chi connectivity index (χ3n) is 5.49. The zero-order valence-electron chi connectivity index (χ0n) is 12.2. The summed E-state index contributed by atoms with van der Waals surface area (Å²) in [4.78, 5) is 0. The number of hydrogen-bond acceptors (Lipinski definition) is 0. The smallest absolute Gasteiger partial charge is 0.126 e. The average molecular weight is 295 g/mol. The van der Waals surface area contributed by atoms with Gasteiger partial charge in [0.25, 0.3) is 0 Å². The van der Waals surface area contributed by atoms with Gasteiger partial charge in [-0.25, -0.2) is 4.39 Å². The predicted octanol–water partition coefficient (Wildman–Crippen LogP) is 6.02. The van der Waals surface area contributed by atoms with Crippen LogP contribution in [0.4, 0.5) is 4.39 Å². The third-order valence-corrected chi connectivity index (χ3v) is 6.10. The zero-order chi connectivity index (χ0) is 14.1. The van der Waals surface area contributed by atoms with E-state index in [1.54, 1.807) is 6.07 Å². The van der Waals surface area contributed by atoms with Gasteiger partial charge in [0.05, 0.1) is 5.38 Å². The molecule has 0 amide bonds. The summed E-state index contributed by atoms with van der Waals surface area (Å²) in [6.45, 7) is 1.82. The molecule has 0 N–H and O–H groups in total. The molecule has 0 bridgehead atoms. The predicted molar refractivity (Wildman–Crippen MR) is 82.5 cm³/mol. The minimum Gasteiger partial charge on any atom is -0.207 e. The van der Waals surface area contributed by atoms with Crippen molar-refractivity contribution in [3.8, 4) is 0 Å². The standard InChI is InChI=1S/C18H24ClF/c1-12-10-15(8-9-17(12)20)18(19)16-7-6-13-4-2-3-5-14(13)11-16/h8-10,13-14,16,18H,2-7,11H2,1H3. The van der Waals surface area contributed by atoms with Crippen LogP contribution in [0.3, 0.4) is 0 Å². The molecular formula is C18H24ClF. The fraction of sp³-hybridized carbons (Fsp3) is 0.667. The molecule has 0 aromatic heterocycles. The van der Waals surface area contributed by atoms with Crippen molar-refractivity contribution in [1.82, 2.24) is 0 Å². The Hall–Kier alpha value is -0.560. The van der Waals surface area contributed by atoms with E-state index in [2.05, 4.69) is 0 Å². The fourth-order valence-corrected chi connectivity index (χ4v) is 4.65. The monoisotopic (exact) mass is 294 g/mol. The second kappa shape index (κ2) is 6.05. The Kier molecular flexibility index (Phi) is 4.35. The molecule has 1 aromatic carbocycles. The van der Waals surface area contributed by atoms with Crippen LogP contribution in [0.15, 0.2) is 18.2 Å². The van der Waals surface area contributed by atoms with Gasteiger partial charge >= 0.3 is 0 Å². The van der Waals surface area contributed by atoms with Crippen LogP contribution < -0.4 is 0 Å². The van der Waals surface area contributed by atoms with E-state index in [1.807, 2.05) is 19.1 Å². The molecule has 0 spiro atoms. The maximum absolute atomic E-state index is 13.4.